The van der Waals surface area contributed by atoms with Gasteiger partial charge in [0, 0.05) is 31.9 Å². The van der Waals surface area contributed by atoms with Crippen LogP contribution >= 0.6 is 0 Å². The van der Waals surface area contributed by atoms with Gasteiger partial charge in [0.15, 0.2) is 5.78 Å². The van der Waals surface area contributed by atoms with Crippen LogP contribution in [0.5, 0.6) is 0 Å². The van der Waals surface area contributed by atoms with E-state index in [0.717, 1.165) is 22.4 Å². The average molecular weight is 344 g/mol. The van der Waals surface area contributed by atoms with E-state index in [1.165, 1.54) is 0 Å². The number of rotatable bonds is 7. The fraction of sp³-hybridized carbons (Fsp3) is 0.174. The van der Waals surface area contributed by atoms with Crippen molar-refractivity contribution < 1.29 is 4.79 Å². The number of benzene rings is 3. The van der Waals surface area contributed by atoms with Crippen molar-refractivity contribution in [1.29, 1.82) is 0 Å². The molecule has 3 aromatic rings. The molecule has 1 atom stereocenters. The summed E-state index contributed by atoms with van der Waals surface area (Å²) in [6, 6.07) is 27.3. The number of anilines is 1. The van der Waals surface area contributed by atoms with E-state index >= 15 is 0 Å². The van der Waals surface area contributed by atoms with Crippen LogP contribution in [-0.2, 0) is 6.54 Å². The molecule has 0 saturated carbocycles. The molecule has 0 spiro atoms. The van der Waals surface area contributed by atoms with Crippen LogP contribution in [0.3, 0.4) is 0 Å². The van der Waals surface area contributed by atoms with Crippen LogP contribution in [0, 0.1) is 0 Å². The predicted molar refractivity (Wildman–Crippen MR) is 108 cm³/mol. The first kappa shape index (κ1) is 17.9. The third-order valence-corrected chi connectivity index (χ3v) is 4.42. The molecule has 0 heterocycles. The Morgan fingerprint density at radius 1 is 0.846 bits per heavy atom. The normalized spacial score (nSPS) is 11.8. The number of carbonyl (C=O) groups is 1. The molecule has 0 radical (unpaired) electrons. The van der Waals surface area contributed by atoms with Crippen molar-refractivity contribution in [3.05, 3.63) is 102 Å². The molecule has 0 bridgehead atoms. The Kier molecular flexibility index (Phi) is 5.82. The molecule has 0 amide bonds. The van der Waals surface area contributed by atoms with E-state index in [1.807, 2.05) is 74.8 Å². The molecule has 0 saturated heterocycles. The summed E-state index contributed by atoms with van der Waals surface area (Å²) in [4.78, 5) is 15.1. The van der Waals surface area contributed by atoms with Crippen LogP contribution in [-0.4, -0.2) is 19.9 Å². The number of Topliss-reactive ketones (excluding diaryl/α,β-unsaturated/α-hetero) is 1. The Bertz CT molecular complexity index is 827. The van der Waals surface area contributed by atoms with Gasteiger partial charge < -0.3 is 4.90 Å². The van der Waals surface area contributed by atoms with Crippen molar-refractivity contribution in [2.75, 3.05) is 19.0 Å². The minimum Gasteiger partial charge on any atom is -0.378 e. The summed E-state index contributed by atoms with van der Waals surface area (Å²) in [6.45, 7) is 0.631. The lowest BCUT2D eigenvalue weighted by Crippen LogP contribution is -2.28. The maximum absolute atomic E-state index is 13.0. The van der Waals surface area contributed by atoms with Crippen LogP contribution < -0.4 is 10.2 Å². The van der Waals surface area contributed by atoms with Crippen molar-refractivity contribution in [3.63, 3.8) is 0 Å². The van der Waals surface area contributed by atoms with Gasteiger partial charge in [0.1, 0.15) is 0 Å². The lowest BCUT2D eigenvalue weighted by atomic mass is 9.97. The molecule has 3 heteroatoms. The van der Waals surface area contributed by atoms with Crippen molar-refractivity contribution in [2.45, 2.75) is 12.6 Å². The fourth-order valence-electron chi connectivity index (χ4n) is 2.91. The first-order valence-electron chi connectivity index (χ1n) is 8.79. The smallest absolute Gasteiger partial charge is 0.184 e. The van der Waals surface area contributed by atoms with Crippen molar-refractivity contribution >= 4 is 11.5 Å². The number of hydrogen-bond acceptors (Lipinski definition) is 3. The third-order valence-electron chi connectivity index (χ3n) is 4.42. The standard InChI is InChI=1S/C23H24N2O/c1-25(2)21-15-13-18(14-16-21)17-24-22(19-9-5-3-6-10-19)23(26)20-11-7-4-8-12-20/h3-16,22,24H,17H2,1-2H3. The van der Waals surface area contributed by atoms with Gasteiger partial charge in [-0.2, -0.15) is 0 Å². The summed E-state index contributed by atoms with van der Waals surface area (Å²) in [5, 5.41) is 3.44. The maximum atomic E-state index is 13.0. The van der Waals surface area contributed by atoms with Gasteiger partial charge in [-0.15, -0.1) is 0 Å². The van der Waals surface area contributed by atoms with Gasteiger partial charge in [0.25, 0.3) is 0 Å². The lowest BCUT2D eigenvalue weighted by Gasteiger charge is -2.19. The highest BCUT2D eigenvalue weighted by molar-refractivity contribution is 6.00. The predicted octanol–water partition coefficient (Wildman–Crippen LogP) is 4.47. The monoisotopic (exact) mass is 344 g/mol. The van der Waals surface area contributed by atoms with E-state index in [-0.39, 0.29) is 11.8 Å². The van der Waals surface area contributed by atoms with E-state index in [1.54, 1.807) is 0 Å². The molecule has 1 N–H and O–H groups in total. The second kappa shape index (κ2) is 8.45. The molecule has 3 nitrogen and oxygen atoms in total. The first-order chi connectivity index (χ1) is 12.6. The topological polar surface area (TPSA) is 32.3 Å². The molecule has 26 heavy (non-hydrogen) atoms. The highest BCUT2D eigenvalue weighted by Gasteiger charge is 2.21. The van der Waals surface area contributed by atoms with E-state index in [0.29, 0.717) is 6.54 Å². The quantitative estimate of drug-likeness (QED) is 0.642. The Hall–Kier alpha value is -2.91. The fourth-order valence-corrected chi connectivity index (χ4v) is 2.91. The van der Waals surface area contributed by atoms with Gasteiger partial charge in [-0.05, 0) is 23.3 Å². The van der Waals surface area contributed by atoms with Crippen LogP contribution in [0.1, 0.15) is 27.5 Å². The summed E-state index contributed by atoms with van der Waals surface area (Å²) in [7, 11) is 4.05. The average Bonchev–Trinajstić information content (AvgIpc) is 2.70. The van der Waals surface area contributed by atoms with E-state index < -0.39 is 0 Å². The SMILES string of the molecule is CN(C)c1ccc(CNC(C(=O)c2ccccc2)c2ccccc2)cc1. The van der Waals surface area contributed by atoms with E-state index in [2.05, 4.69) is 34.5 Å². The molecule has 3 aromatic carbocycles. The van der Waals surface area contributed by atoms with E-state index in [4.69, 9.17) is 0 Å². The van der Waals surface area contributed by atoms with Gasteiger partial charge in [-0.3, -0.25) is 10.1 Å². The number of ketones is 1. The second-order valence-electron chi connectivity index (χ2n) is 6.52. The summed E-state index contributed by atoms with van der Waals surface area (Å²) in [6.07, 6.45) is 0. The van der Waals surface area contributed by atoms with Crippen molar-refractivity contribution in [1.82, 2.24) is 5.32 Å². The van der Waals surface area contributed by atoms with Gasteiger partial charge in [-0.1, -0.05) is 72.8 Å². The van der Waals surface area contributed by atoms with Gasteiger partial charge in [0.2, 0.25) is 0 Å². The van der Waals surface area contributed by atoms with Crippen LogP contribution in [0.4, 0.5) is 5.69 Å². The van der Waals surface area contributed by atoms with Crippen LogP contribution in [0.25, 0.3) is 0 Å². The van der Waals surface area contributed by atoms with Gasteiger partial charge >= 0.3 is 0 Å². The molecule has 0 aliphatic heterocycles. The Labute approximate surface area is 155 Å². The number of nitrogens with zero attached hydrogens (tertiary/aromatic N) is 1. The highest BCUT2D eigenvalue weighted by atomic mass is 16.1. The second-order valence-corrected chi connectivity index (χ2v) is 6.52. The van der Waals surface area contributed by atoms with Gasteiger partial charge in [0.05, 0.1) is 6.04 Å². The number of carbonyl (C=O) groups excluding carboxylic acids is 1. The summed E-state index contributed by atoms with van der Waals surface area (Å²) in [5.41, 5.74) is 4.01. The van der Waals surface area contributed by atoms with Crippen molar-refractivity contribution in [2.24, 2.45) is 0 Å². The minimum atomic E-state index is -0.368. The zero-order valence-electron chi connectivity index (χ0n) is 15.2. The summed E-state index contributed by atoms with van der Waals surface area (Å²) < 4.78 is 0. The molecular formula is C23H24N2O. The Morgan fingerprint density at radius 2 is 1.42 bits per heavy atom. The summed E-state index contributed by atoms with van der Waals surface area (Å²) >= 11 is 0. The summed E-state index contributed by atoms with van der Waals surface area (Å²) in [5.74, 6) is 0.0849. The number of nitrogens with one attached hydrogen (secondary N) is 1. The highest BCUT2D eigenvalue weighted by Crippen LogP contribution is 2.20. The zero-order chi connectivity index (χ0) is 18.4. The van der Waals surface area contributed by atoms with Gasteiger partial charge in [-0.25, -0.2) is 0 Å². The Balaban J connectivity index is 1.79. The molecule has 0 aromatic heterocycles. The third kappa shape index (κ3) is 4.38. The molecule has 0 fully saturated rings. The lowest BCUT2D eigenvalue weighted by molar-refractivity contribution is 0.0942. The number of hydrogen-bond donors (Lipinski definition) is 1. The zero-order valence-corrected chi connectivity index (χ0v) is 15.2. The van der Waals surface area contributed by atoms with Crippen LogP contribution in [0.2, 0.25) is 0 Å². The van der Waals surface area contributed by atoms with E-state index in [9.17, 15) is 4.79 Å². The van der Waals surface area contributed by atoms with Crippen molar-refractivity contribution in [3.8, 4) is 0 Å². The largest absolute Gasteiger partial charge is 0.378 e. The molecule has 0 aliphatic rings. The first-order valence-corrected chi connectivity index (χ1v) is 8.79. The molecule has 0 aliphatic carbocycles. The molecule has 1 unspecified atom stereocenters. The Morgan fingerprint density at radius 3 is 2.00 bits per heavy atom. The minimum absolute atomic E-state index is 0.0849. The molecule has 3 rings (SSSR count). The maximum Gasteiger partial charge on any atom is 0.184 e. The molecule has 132 valence electrons. The van der Waals surface area contributed by atoms with Crippen LogP contribution in [0.15, 0.2) is 84.9 Å². The molecular weight excluding hydrogens is 320 g/mol.